The molecule has 1 aromatic carbocycles. The normalized spacial score (nSPS) is 23.8. The Morgan fingerprint density at radius 1 is 1.30 bits per heavy atom. The molecule has 0 amide bonds. The Bertz CT molecular complexity index is 446. The lowest BCUT2D eigenvalue weighted by Crippen LogP contribution is -3.00. The number of aromatic hydroxyl groups is 1. The molecular weight excluding hydrogens is 274 g/mol. The lowest BCUT2D eigenvalue weighted by molar-refractivity contribution is -0.460. The molecule has 0 bridgehead atoms. The van der Waals surface area contributed by atoms with Crippen LogP contribution in [-0.4, -0.2) is 23.9 Å². The van der Waals surface area contributed by atoms with Crippen molar-refractivity contribution >= 4 is 0 Å². The number of benzene rings is 1. The van der Waals surface area contributed by atoms with Crippen molar-refractivity contribution in [1.82, 2.24) is 0 Å². The van der Waals surface area contributed by atoms with Crippen LogP contribution >= 0.6 is 0 Å². The highest BCUT2D eigenvalue weighted by molar-refractivity contribution is 5.44. The number of fused-ring (bicyclic) bond motifs is 1. The van der Waals surface area contributed by atoms with Gasteiger partial charge in [0.05, 0.1) is 0 Å². The summed E-state index contributed by atoms with van der Waals surface area (Å²) in [4.78, 5) is 0. The molecule has 1 aliphatic rings. The lowest BCUT2D eigenvalue weighted by atomic mass is 9.63. The molecule has 0 radical (unpaired) electrons. The maximum Gasteiger partial charge on any atom is 0.121 e. The second kappa shape index (κ2) is 6.79. The van der Waals surface area contributed by atoms with Gasteiger partial charge in [-0.3, -0.25) is 0 Å². The van der Waals surface area contributed by atoms with E-state index in [0.717, 1.165) is 25.9 Å². The van der Waals surface area contributed by atoms with E-state index in [1.54, 1.807) is 6.07 Å². The van der Waals surface area contributed by atoms with Crippen LogP contribution in [0.3, 0.4) is 0 Å². The Hall–Kier alpha value is -0.770. The summed E-state index contributed by atoms with van der Waals surface area (Å²) >= 11 is 0. The molecule has 0 fully saturated rings. The van der Waals surface area contributed by atoms with Crippen molar-refractivity contribution < 1.29 is 28.0 Å². The molecule has 0 unspecified atom stereocenters. The van der Waals surface area contributed by atoms with Crippen molar-refractivity contribution in [1.29, 1.82) is 0 Å². The Labute approximate surface area is 127 Å². The van der Waals surface area contributed by atoms with E-state index in [1.807, 2.05) is 19.1 Å². The molecule has 2 atom stereocenters. The van der Waals surface area contributed by atoms with E-state index < -0.39 is 0 Å². The Morgan fingerprint density at radius 3 is 2.50 bits per heavy atom. The molecule has 0 saturated heterocycles. The highest BCUT2D eigenvalue weighted by atomic mass is 35.5. The number of hydrogen-bond donors (Lipinski definition) is 2. The highest BCUT2D eigenvalue weighted by Gasteiger charge is 2.48. The summed E-state index contributed by atoms with van der Waals surface area (Å²) < 4.78 is 5.92. The van der Waals surface area contributed by atoms with Gasteiger partial charge in [0.15, 0.2) is 0 Å². The smallest absolute Gasteiger partial charge is 0.121 e. The van der Waals surface area contributed by atoms with Crippen molar-refractivity contribution in [2.24, 2.45) is 0 Å². The molecule has 1 aliphatic carbocycles. The van der Waals surface area contributed by atoms with Crippen LogP contribution in [0.25, 0.3) is 0 Å². The number of rotatable bonds is 4. The zero-order chi connectivity index (χ0) is 14.0. The van der Waals surface area contributed by atoms with Crippen LogP contribution in [-0.2, 0) is 16.6 Å². The lowest BCUT2D eigenvalue weighted by Gasteiger charge is -2.44. The summed E-state index contributed by atoms with van der Waals surface area (Å²) in [6.45, 7) is 7.19. The monoisotopic (exact) mass is 299 g/mol. The number of quaternary nitrogens is 1. The fourth-order valence-electron chi connectivity index (χ4n) is 3.66. The van der Waals surface area contributed by atoms with Crippen LogP contribution in [0.2, 0.25) is 0 Å². The van der Waals surface area contributed by atoms with Crippen LogP contribution < -0.4 is 18.1 Å². The van der Waals surface area contributed by atoms with Gasteiger partial charge in [0, 0.05) is 18.4 Å². The van der Waals surface area contributed by atoms with Gasteiger partial charge in [0.2, 0.25) is 0 Å². The van der Waals surface area contributed by atoms with Crippen LogP contribution in [0, 0.1) is 0 Å². The summed E-state index contributed by atoms with van der Waals surface area (Å²) in [7, 11) is 0. The summed E-state index contributed by atoms with van der Waals surface area (Å²) in [5, 5.41) is 9.82. The average molecular weight is 300 g/mol. The van der Waals surface area contributed by atoms with Crippen LogP contribution in [0.4, 0.5) is 0 Å². The van der Waals surface area contributed by atoms with Crippen molar-refractivity contribution in [3.8, 4) is 5.75 Å². The van der Waals surface area contributed by atoms with Crippen LogP contribution in [0.15, 0.2) is 18.2 Å². The van der Waals surface area contributed by atoms with Crippen LogP contribution in [0.5, 0.6) is 5.75 Å². The first kappa shape index (κ1) is 17.3. The summed E-state index contributed by atoms with van der Waals surface area (Å²) in [6.07, 6.45) is 3.14. The van der Waals surface area contributed by atoms with Crippen molar-refractivity contribution in [2.75, 3.05) is 6.61 Å². The molecule has 0 spiro atoms. The fraction of sp³-hybridized carbons (Fsp3) is 0.625. The molecule has 2 rings (SSSR count). The number of hydrogen-bond acceptors (Lipinski definition) is 2. The van der Waals surface area contributed by atoms with E-state index >= 15 is 0 Å². The van der Waals surface area contributed by atoms with Gasteiger partial charge in [-0.25, -0.2) is 0 Å². The minimum atomic E-state index is 0. The van der Waals surface area contributed by atoms with E-state index in [4.69, 9.17) is 4.74 Å². The molecule has 1 aromatic rings. The van der Waals surface area contributed by atoms with Crippen molar-refractivity contribution in [3.63, 3.8) is 0 Å². The maximum absolute atomic E-state index is 9.82. The predicted molar refractivity (Wildman–Crippen MR) is 76.2 cm³/mol. The summed E-state index contributed by atoms with van der Waals surface area (Å²) in [5.74, 6) is 0.354. The van der Waals surface area contributed by atoms with E-state index in [9.17, 15) is 5.11 Å². The van der Waals surface area contributed by atoms with Gasteiger partial charge < -0.3 is 28.0 Å². The van der Waals surface area contributed by atoms with E-state index in [0.29, 0.717) is 5.75 Å². The third-order valence-electron chi connectivity index (χ3n) is 4.85. The first-order valence-corrected chi connectivity index (χ1v) is 7.36. The Morgan fingerprint density at radius 2 is 1.95 bits per heavy atom. The summed E-state index contributed by atoms with van der Waals surface area (Å²) in [5.41, 5.74) is 7.01. The number of phenols is 1. The third kappa shape index (κ3) is 2.67. The van der Waals surface area contributed by atoms with Gasteiger partial charge in [0.25, 0.3) is 0 Å². The minimum absolute atomic E-state index is 0. The molecule has 0 aromatic heterocycles. The third-order valence-corrected chi connectivity index (χ3v) is 4.85. The summed E-state index contributed by atoms with van der Waals surface area (Å²) in [6, 6.07) is 5.99. The molecule has 4 N–H and O–H groups in total. The van der Waals surface area contributed by atoms with Gasteiger partial charge in [-0.1, -0.05) is 19.9 Å². The van der Waals surface area contributed by atoms with Gasteiger partial charge in [0.1, 0.15) is 17.9 Å². The topological polar surface area (TPSA) is 57.1 Å². The molecular formula is C16H26ClNO2. The number of halogens is 1. The second-order valence-corrected chi connectivity index (χ2v) is 5.51. The van der Waals surface area contributed by atoms with Crippen molar-refractivity contribution in [3.05, 3.63) is 29.3 Å². The van der Waals surface area contributed by atoms with Gasteiger partial charge in [-0.2, -0.15) is 0 Å². The Balaban J connectivity index is 0.00000200. The minimum Gasteiger partial charge on any atom is -1.00 e. The molecule has 0 heterocycles. The highest BCUT2D eigenvalue weighted by Crippen LogP contribution is 2.43. The van der Waals surface area contributed by atoms with Gasteiger partial charge in [-0.15, -0.1) is 0 Å². The number of ether oxygens (including phenoxy) is 1. The molecule has 0 aliphatic heterocycles. The first-order valence-electron chi connectivity index (χ1n) is 7.36. The maximum atomic E-state index is 9.82. The zero-order valence-corrected chi connectivity index (χ0v) is 13.4. The molecule has 3 nitrogen and oxygen atoms in total. The van der Waals surface area contributed by atoms with Crippen LogP contribution in [0.1, 0.15) is 44.7 Å². The predicted octanol–water partition coefficient (Wildman–Crippen LogP) is -0.974. The van der Waals surface area contributed by atoms with Crippen molar-refractivity contribution in [2.45, 2.75) is 57.6 Å². The van der Waals surface area contributed by atoms with E-state index in [2.05, 4.69) is 19.6 Å². The fourth-order valence-corrected chi connectivity index (χ4v) is 3.66. The zero-order valence-electron chi connectivity index (χ0n) is 12.7. The standard InChI is InChI=1S/C16H25NO2.ClH/c1-4-16(5-2)13-10-12(18)8-7-11(13)9-14(15(16)17)19-6-3;/h7-8,10,14-15,18H,4-6,9,17H2,1-3H3;1H/t14-,15+;/m1./s1. The average Bonchev–Trinajstić information content (AvgIpc) is 2.41. The van der Waals surface area contributed by atoms with E-state index in [-0.39, 0.29) is 30.0 Å². The van der Waals surface area contributed by atoms with Gasteiger partial charge >= 0.3 is 0 Å². The van der Waals surface area contributed by atoms with E-state index in [1.165, 1.54) is 11.1 Å². The molecule has 4 heteroatoms. The molecule has 114 valence electrons. The SMILES string of the molecule is CCO[C@@H]1Cc2ccc(O)cc2C(CC)(CC)[C@H]1[NH3+].[Cl-]. The molecule has 0 saturated carbocycles. The molecule has 20 heavy (non-hydrogen) atoms. The first-order chi connectivity index (χ1) is 9.08. The van der Waals surface area contributed by atoms with Gasteiger partial charge in [-0.05, 0) is 43.0 Å². The number of phenolic OH excluding ortho intramolecular Hbond substituents is 1. The second-order valence-electron chi connectivity index (χ2n) is 5.51. The quantitative estimate of drug-likeness (QED) is 0.751. The largest absolute Gasteiger partial charge is 1.00 e. The Kier molecular flexibility index (Phi) is 5.87.